The molecule has 0 spiro atoms. The van der Waals surface area contributed by atoms with E-state index in [1.54, 1.807) is 0 Å². The van der Waals surface area contributed by atoms with E-state index < -0.39 is 30.6 Å². The molecule has 28 heavy (non-hydrogen) atoms. The number of anilines is 1. The Labute approximate surface area is 160 Å². The number of carbonyl (C=O) groups is 1. The zero-order chi connectivity index (χ0) is 20.3. The van der Waals surface area contributed by atoms with Gasteiger partial charge in [-0.05, 0) is 6.92 Å². The fourth-order valence-corrected chi connectivity index (χ4v) is 2.93. The number of aromatic nitrogens is 4. The van der Waals surface area contributed by atoms with Crippen LogP contribution in [0.3, 0.4) is 0 Å². The minimum atomic E-state index is -1.21. The summed E-state index contributed by atoms with van der Waals surface area (Å²) in [6, 6.07) is 1.29. The summed E-state index contributed by atoms with van der Waals surface area (Å²) in [5.74, 6) is 0.220. The van der Waals surface area contributed by atoms with Gasteiger partial charge in [-0.25, -0.2) is 19.7 Å². The normalized spacial score (nSPS) is 24.2. The van der Waals surface area contributed by atoms with Crippen molar-refractivity contribution in [3.8, 4) is 6.07 Å². The van der Waals surface area contributed by atoms with E-state index in [1.807, 2.05) is 13.0 Å². The molecule has 1 aliphatic heterocycles. The summed E-state index contributed by atoms with van der Waals surface area (Å²) in [7, 11) is 1.48. The van der Waals surface area contributed by atoms with Crippen molar-refractivity contribution in [3.05, 3.63) is 12.7 Å². The number of carbonyl (C=O) groups excluding carboxylic acids is 1. The van der Waals surface area contributed by atoms with Crippen LogP contribution in [0.1, 0.15) is 13.2 Å². The summed E-state index contributed by atoms with van der Waals surface area (Å²) in [5.41, 5.74) is 0.619. The monoisotopic (exact) mass is 391 g/mol. The van der Waals surface area contributed by atoms with Gasteiger partial charge in [-0.1, -0.05) is 0 Å². The summed E-state index contributed by atoms with van der Waals surface area (Å²) in [4.78, 5) is 25.8. The molecule has 1 fully saturated rings. The maximum atomic E-state index is 12.1. The van der Waals surface area contributed by atoms with Crippen LogP contribution in [-0.2, 0) is 9.47 Å². The SMILES string of the molecule is CCOC[C@H]1O[C@@H](n2cnc3c(N(C)C(=O)NCC#N)ncnc32)[C@H](O)[C@@H]1O. The van der Waals surface area contributed by atoms with Crippen LogP contribution in [0.4, 0.5) is 10.6 Å². The minimum Gasteiger partial charge on any atom is -0.387 e. The van der Waals surface area contributed by atoms with Crippen LogP contribution in [-0.4, -0.2) is 80.9 Å². The van der Waals surface area contributed by atoms with Gasteiger partial charge in [0.15, 0.2) is 23.2 Å². The van der Waals surface area contributed by atoms with Crippen LogP contribution in [0.15, 0.2) is 12.7 Å². The van der Waals surface area contributed by atoms with E-state index in [0.717, 1.165) is 0 Å². The predicted octanol–water partition coefficient (Wildman–Crippen LogP) is -0.849. The summed E-state index contributed by atoms with van der Waals surface area (Å²) in [6.45, 7) is 2.27. The minimum absolute atomic E-state index is 0.139. The van der Waals surface area contributed by atoms with Gasteiger partial charge >= 0.3 is 6.03 Å². The molecule has 2 aromatic rings. The first-order chi connectivity index (χ1) is 13.5. The summed E-state index contributed by atoms with van der Waals surface area (Å²) in [6.07, 6.45) is -1.32. The first-order valence-corrected chi connectivity index (χ1v) is 8.65. The zero-order valence-electron chi connectivity index (χ0n) is 15.4. The number of hydrogen-bond donors (Lipinski definition) is 3. The van der Waals surface area contributed by atoms with Crippen molar-refractivity contribution in [2.24, 2.45) is 0 Å². The van der Waals surface area contributed by atoms with Crippen molar-refractivity contribution in [1.82, 2.24) is 24.8 Å². The maximum Gasteiger partial charge on any atom is 0.323 e. The molecule has 0 unspecified atom stereocenters. The lowest BCUT2D eigenvalue weighted by Crippen LogP contribution is -2.38. The maximum absolute atomic E-state index is 12.1. The van der Waals surface area contributed by atoms with Gasteiger partial charge in [0.2, 0.25) is 0 Å². The highest BCUT2D eigenvalue weighted by Gasteiger charge is 2.44. The zero-order valence-corrected chi connectivity index (χ0v) is 15.4. The second kappa shape index (κ2) is 8.44. The molecule has 0 aliphatic carbocycles. The lowest BCUT2D eigenvalue weighted by atomic mass is 10.1. The van der Waals surface area contributed by atoms with E-state index in [0.29, 0.717) is 17.8 Å². The van der Waals surface area contributed by atoms with Crippen molar-refractivity contribution in [1.29, 1.82) is 5.26 Å². The van der Waals surface area contributed by atoms with Crippen molar-refractivity contribution >= 4 is 23.0 Å². The standard InChI is InChI=1S/C16H21N7O5/c1-3-27-6-9-11(24)12(25)15(28-9)23-8-21-10-13(19-7-20-14(10)23)22(2)16(26)18-5-4-17/h7-9,11-12,15,24-25H,3,5-6H2,1-2H3,(H,18,26)/t9-,11-,12-,15-/m1/s1. The second-order valence-electron chi connectivity index (χ2n) is 6.10. The molecule has 3 heterocycles. The van der Waals surface area contributed by atoms with Crippen molar-refractivity contribution < 1.29 is 24.5 Å². The average molecular weight is 391 g/mol. The van der Waals surface area contributed by atoms with Gasteiger partial charge in [0, 0.05) is 13.7 Å². The number of urea groups is 1. The number of rotatable bonds is 6. The molecule has 0 radical (unpaired) electrons. The molecule has 2 aromatic heterocycles. The highest BCUT2D eigenvalue weighted by atomic mass is 16.6. The molecular formula is C16H21N7O5. The van der Waals surface area contributed by atoms with E-state index in [-0.39, 0.29) is 19.0 Å². The highest BCUT2D eigenvalue weighted by molar-refractivity contribution is 5.97. The van der Waals surface area contributed by atoms with Gasteiger partial charge in [-0.3, -0.25) is 9.47 Å². The molecular weight excluding hydrogens is 370 g/mol. The van der Waals surface area contributed by atoms with Crippen LogP contribution in [0.25, 0.3) is 11.2 Å². The third-order valence-electron chi connectivity index (χ3n) is 4.38. The van der Waals surface area contributed by atoms with Crippen LogP contribution < -0.4 is 10.2 Å². The Morgan fingerprint density at radius 1 is 1.43 bits per heavy atom. The Morgan fingerprint density at radius 2 is 2.21 bits per heavy atom. The first kappa shape index (κ1) is 19.9. The lowest BCUT2D eigenvalue weighted by molar-refractivity contribution is -0.0638. The van der Waals surface area contributed by atoms with Gasteiger partial charge in [0.25, 0.3) is 0 Å². The van der Waals surface area contributed by atoms with Crippen LogP contribution >= 0.6 is 0 Å². The summed E-state index contributed by atoms with van der Waals surface area (Å²) in [5, 5.41) is 31.6. The molecule has 0 aromatic carbocycles. The number of nitrogens with one attached hydrogen (secondary N) is 1. The van der Waals surface area contributed by atoms with Gasteiger partial charge in [0.1, 0.15) is 31.2 Å². The molecule has 1 aliphatic rings. The average Bonchev–Trinajstić information content (AvgIpc) is 3.25. The fraction of sp³-hybridized carbons (Fsp3) is 0.562. The molecule has 12 nitrogen and oxygen atoms in total. The quantitative estimate of drug-likeness (QED) is 0.533. The van der Waals surface area contributed by atoms with E-state index in [9.17, 15) is 15.0 Å². The third kappa shape index (κ3) is 3.60. The number of ether oxygens (including phenoxy) is 2. The number of hydrogen-bond acceptors (Lipinski definition) is 9. The highest BCUT2D eigenvalue weighted by Crippen LogP contribution is 2.32. The van der Waals surface area contributed by atoms with E-state index >= 15 is 0 Å². The van der Waals surface area contributed by atoms with Gasteiger partial charge < -0.3 is 25.0 Å². The van der Waals surface area contributed by atoms with Crippen LogP contribution in [0.5, 0.6) is 0 Å². The number of imidazole rings is 1. The Kier molecular flexibility index (Phi) is 6.00. The summed E-state index contributed by atoms with van der Waals surface area (Å²) < 4.78 is 12.5. The first-order valence-electron chi connectivity index (χ1n) is 8.65. The van der Waals surface area contributed by atoms with Crippen molar-refractivity contribution in [3.63, 3.8) is 0 Å². The topological polar surface area (TPSA) is 159 Å². The lowest BCUT2D eigenvalue weighted by Gasteiger charge is -2.18. The van der Waals surface area contributed by atoms with E-state index in [1.165, 1.54) is 29.2 Å². The molecule has 0 bridgehead atoms. The molecule has 12 heteroatoms. The van der Waals surface area contributed by atoms with Crippen molar-refractivity contribution in [2.45, 2.75) is 31.5 Å². The molecule has 4 atom stereocenters. The van der Waals surface area contributed by atoms with Crippen LogP contribution in [0, 0.1) is 11.3 Å². The van der Waals surface area contributed by atoms with E-state index in [2.05, 4.69) is 20.3 Å². The Balaban J connectivity index is 1.89. The smallest absolute Gasteiger partial charge is 0.323 e. The predicted molar refractivity (Wildman–Crippen MR) is 95.2 cm³/mol. The number of nitriles is 1. The summed E-state index contributed by atoms with van der Waals surface area (Å²) >= 11 is 0. The second-order valence-corrected chi connectivity index (χ2v) is 6.10. The number of aliphatic hydroxyl groups is 2. The molecule has 1 saturated heterocycles. The number of fused-ring (bicyclic) bond motifs is 1. The number of aliphatic hydroxyl groups excluding tert-OH is 2. The largest absolute Gasteiger partial charge is 0.387 e. The van der Waals surface area contributed by atoms with Crippen LogP contribution in [0.2, 0.25) is 0 Å². The van der Waals surface area contributed by atoms with Gasteiger partial charge in [-0.2, -0.15) is 5.26 Å². The molecule has 3 rings (SSSR count). The Bertz CT molecular complexity index is 882. The molecule has 0 saturated carbocycles. The number of nitrogens with zero attached hydrogens (tertiary/aromatic N) is 6. The number of amides is 2. The van der Waals surface area contributed by atoms with E-state index in [4.69, 9.17) is 14.7 Å². The molecule has 2 amide bonds. The van der Waals surface area contributed by atoms with Gasteiger partial charge in [0.05, 0.1) is 19.0 Å². The molecule has 3 N–H and O–H groups in total. The Hall–Kier alpha value is -2.85. The van der Waals surface area contributed by atoms with Gasteiger partial charge in [-0.15, -0.1) is 0 Å². The van der Waals surface area contributed by atoms with Crippen molar-refractivity contribution in [2.75, 3.05) is 31.7 Å². The third-order valence-corrected chi connectivity index (χ3v) is 4.38. The Morgan fingerprint density at radius 3 is 2.93 bits per heavy atom. The fourth-order valence-electron chi connectivity index (χ4n) is 2.93. The molecule has 150 valence electrons.